The molecule has 0 saturated carbocycles. The summed E-state index contributed by atoms with van der Waals surface area (Å²) in [5.41, 5.74) is 0. The van der Waals surface area contributed by atoms with Gasteiger partial charge >= 0.3 is 5.97 Å². The molecule has 110 valence electrons. The van der Waals surface area contributed by atoms with E-state index in [1.165, 1.54) is 0 Å². The second kappa shape index (κ2) is 9.80. The molecule has 0 aliphatic carbocycles. The molecule has 0 bridgehead atoms. The topological polar surface area (TPSA) is 59.3 Å². The van der Waals surface area contributed by atoms with E-state index in [2.05, 4.69) is 6.07 Å². The number of esters is 1. The molecule has 4 heteroatoms. The fraction of sp³-hybridized carbons (Fsp3) is 0.867. The summed E-state index contributed by atoms with van der Waals surface area (Å²) < 4.78 is 10.5. The molecule has 0 spiro atoms. The van der Waals surface area contributed by atoms with E-state index >= 15 is 0 Å². The third-order valence-corrected chi connectivity index (χ3v) is 3.35. The number of hydrogen-bond donors (Lipinski definition) is 0. The van der Waals surface area contributed by atoms with Crippen molar-refractivity contribution < 1.29 is 14.3 Å². The molecule has 0 rings (SSSR count). The Kier molecular flexibility index (Phi) is 9.24. The van der Waals surface area contributed by atoms with Crippen LogP contribution in [0.25, 0.3) is 0 Å². The Bertz CT molecular complexity index is 298. The molecule has 0 fully saturated rings. The third kappa shape index (κ3) is 8.61. The van der Waals surface area contributed by atoms with E-state index in [0.717, 1.165) is 25.7 Å². The molecule has 0 aromatic rings. The highest BCUT2D eigenvalue weighted by Gasteiger charge is 2.18. The maximum atomic E-state index is 11.8. The molecule has 4 atom stereocenters. The fourth-order valence-electron chi connectivity index (χ4n) is 1.64. The summed E-state index contributed by atoms with van der Waals surface area (Å²) in [5, 5.41) is 8.69. The molecular weight excluding hydrogens is 242 g/mol. The highest BCUT2D eigenvalue weighted by atomic mass is 16.5. The van der Waals surface area contributed by atoms with Crippen LogP contribution in [0.2, 0.25) is 0 Å². The zero-order valence-electron chi connectivity index (χ0n) is 12.8. The first kappa shape index (κ1) is 17.9. The molecule has 0 saturated heterocycles. The number of ether oxygens (including phenoxy) is 2. The quantitative estimate of drug-likeness (QED) is 0.602. The van der Waals surface area contributed by atoms with Crippen LogP contribution in [0.15, 0.2) is 0 Å². The minimum absolute atomic E-state index is 0.0149. The summed E-state index contributed by atoms with van der Waals surface area (Å²) in [5.74, 6) is -0.241. The van der Waals surface area contributed by atoms with E-state index in [1.54, 1.807) is 7.11 Å². The van der Waals surface area contributed by atoms with E-state index in [0.29, 0.717) is 0 Å². The highest BCUT2D eigenvalue weighted by molar-refractivity contribution is 5.72. The van der Waals surface area contributed by atoms with Gasteiger partial charge in [0.25, 0.3) is 0 Å². The Morgan fingerprint density at radius 3 is 2.16 bits per heavy atom. The van der Waals surface area contributed by atoms with Crippen molar-refractivity contribution in [1.82, 2.24) is 0 Å². The summed E-state index contributed by atoms with van der Waals surface area (Å²) in [6.45, 7) is 7.63. The number of hydrogen-bond acceptors (Lipinski definition) is 4. The van der Waals surface area contributed by atoms with E-state index in [4.69, 9.17) is 14.7 Å². The lowest BCUT2D eigenvalue weighted by Crippen LogP contribution is -2.22. The van der Waals surface area contributed by atoms with Gasteiger partial charge in [-0.05, 0) is 46.5 Å². The van der Waals surface area contributed by atoms with Crippen molar-refractivity contribution in [1.29, 1.82) is 5.26 Å². The Balaban J connectivity index is 3.91. The van der Waals surface area contributed by atoms with Gasteiger partial charge in [-0.25, -0.2) is 0 Å². The monoisotopic (exact) mass is 269 g/mol. The number of nitrogens with zero attached hydrogens (tertiary/aromatic N) is 1. The average Bonchev–Trinajstić information content (AvgIpc) is 2.41. The van der Waals surface area contributed by atoms with Crippen molar-refractivity contribution in [3.8, 4) is 6.07 Å². The van der Waals surface area contributed by atoms with Gasteiger partial charge in [0, 0.05) is 13.0 Å². The molecule has 0 radical (unpaired) electrons. The van der Waals surface area contributed by atoms with Crippen LogP contribution >= 0.6 is 0 Å². The zero-order chi connectivity index (χ0) is 14.8. The van der Waals surface area contributed by atoms with E-state index in [9.17, 15) is 4.79 Å². The van der Waals surface area contributed by atoms with Gasteiger partial charge in [-0.1, -0.05) is 6.92 Å². The van der Waals surface area contributed by atoms with E-state index in [-0.39, 0.29) is 30.0 Å². The fourth-order valence-corrected chi connectivity index (χ4v) is 1.64. The summed E-state index contributed by atoms with van der Waals surface area (Å²) >= 11 is 0. The first-order chi connectivity index (χ1) is 8.90. The minimum atomic E-state index is -0.152. The first-order valence-electron chi connectivity index (χ1n) is 7.03. The Labute approximate surface area is 117 Å². The number of carbonyl (C=O) groups is 1. The normalized spacial score (nSPS) is 17.1. The number of methoxy groups -OCH3 is 1. The number of rotatable bonds is 9. The van der Waals surface area contributed by atoms with Crippen molar-refractivity contribution in [2.75, 3.05) is 7.11 Å². The minimum Gasteiger partial charge on any atom is -0.462 e. The SMILES string of the molecule is COC(C)CCC(C)C(=O)OC(C)CCC(C)C#N. The number of nitriles is 1. The lowest BCUT2D eigenvalue weighted by molar-refractivity contribution is -0.153. The maximum absolute atomic E-state index is 11.8. The highest BCUT2D eigenvalue weighted by Crippen LogP contribution is 2.15. The summed E-state index contributed by atoms with van der Waals surface area (Å²) in [7, 11) is 1.67. The second-order valence-corrected chi connectivity index (χ2v) is 5.38. The predicted molar refractivity (Wildman–Crippen MR) is 74.4 cm³/mol. The van der Waals surface area contributed by atoms with Crippen molar-refractivity contribution in [2.45, 2.75) is 65.6 Å². The van der Waals surface area contributed by atoms with Crippen LogP contribution in [0.5, 0.6) is 0 Å². The molecule has 0 aromatic carbocycles. The molecule has 0 N–H and O–H groups in total. The smallest absolute Gasteiger partial charge is 0.308 e. The average molecular weight is 269 g/mol. The van der Waals surface area contributed by atoms with Crippen LogP contribution in [-0.2, 0) is 14.3 Å². The van der Waals surface area contributed by atoms with Gasteiger partial charge in [0.05, 0.1) is 24.2 Å². The van der Waals surface area contributed by atoms with Crippen LogP contribution in [0, 0.1) is 23.2 Å². The molecule has 0 heterocycles. The Hall–Kier alpha value is -1.08. The van der Waals surface area contributed by atoms with Gasteiger partial charge < -0.3 is 9.47 Å². The first-order valence-corrected chi connectivity index (χ1v) is 7.03. The molecule has 0 aromatic heterocycles. The number of carbonyl (C=O) groups excluding carboxylic acids is 1. The summed E-state index contributed by atoms with van der Waals surface area (Å²) in [6.07, 6.45) is 3.18. The van der Waals surface area contributed by atoms with Crippen LogP contribution in [0.1, 0.15) is 53.4 Å². The maximum Gasteiger partial charge on any atom is 0.308 e. The molecular formula is C15H27NO3. The van der Waals surface area contributed by atoms with E-state index < -0.39 is 0 Å². The summed E-state index contributed by atoms with van der Waals surface area (Å²) in [6, 6.07) is 2.18. The molecule has 0 amide bonds. The van der Waals surface area contributed by atoms with Gasteiger partial charge in [0.2, 0.25) is 0 Å². The molecule has 4 nitrogen and oxygen atoms in total. The van der Waals surface area contributed by atoms with Crippen molar-refractivity contribution in [3.05, 3.63) is 0 Å². The van der Waals surface area contributed by atoms with Crippen LogP contribution in [-0.4, -0.2) is 25.3 Å². The second-order valence-electron chi connectivity index (χ2n) is 5.38. The molecule has 0 aliphatic heterocycles. The van der Waals surface area contributed by atoms with Crippen molar-refractivity contribution in [3.63, 3.8) is 0 Å². The van der Waals surface area contributed by atoms with Gasteiger partial charge in [0.1, 0.15) is 0 Å². The predicted octanol–water partition coefficient (Wildman–Crippen LogP) is 3.31. The van der Waals surface area contributed by atoms with Crippen molar-refractivity contribution >= 4 is 5.97 Å². The van der Waals surface area contributed by atoms with Crippen molar-refractivity contribution in [2.24, 2.45) is 11.8 Å². The lowest BCUT2D eigenvalue weighted by Gasteiger charge is -2.18. The van der Waals surface area contributed by atoms with E-state index in [1.807, 2.05) is 27.7 Å². The van der Waals surface area contributed by atoms with Gasteiger partial charge in [-0.3, -0.25) is 4.79 Å². The van der Waals surface area contributed by atoms with Crippen LogP contribution < -0.4 is 0 Å². The van der Waals surface area contributed by atoms with Gasteiger partial charge in [-0.15, -0.1) is 0 Å². The van der Waals surface area contributed by atoms with Gasteiger partial charge in [0.15, 0.2) is 0 Å². The van der Waals surface area contributed by atoms with Gasteiger partial charge in [-0.2, -0.15) is 5.26 Å². The molecule has 0 aliphatic rings. The third-order valence-electron chi connectivity index (χ3n) is 3.35. The Morgan fingerprint density at radius 2 is 1.63 bits per heavy atom. The van der Waals surface area contributed by atoms with Crippen LogP contribution in [0.3, 0.4) is 0 Å². The Morgan fingerprint density at radius 1 is 1.05 bits per heavy atom. The standard InChI is InChI=1S/C15H27NO3/c1-11(10-16)6-8-14(4)19-15(17)12(2)7-9-13(3)18-5/h11-14H,6-9H2,1-5H3. The largest absolute Gasteiger partial charge is 0.462 e. The lowest BCUT2D eigenvalue weighted by atomic mass is 10.0. The van der Waals surface area contributed by atoms with Crippen LogP contribution in [0.4, 0.5) is 0 Å². The zero-order valence-corrected chi connectivity index (χ0v) is 12.8. The molecule has 19 heavy (non-hydrogen) atoms. The summed E-state index contributed by atoms with van der Waals surface area (Å²) in [4.78, 5) is 11.8. The molecule has 4 unspecified atom stereocenters.